The third kappa shape index (κ3) is 12.3. The predicted octanol–water partition coefficient (Wildman–Crippen LogP) is 2.12. The summed E-state index contributed by atoms with van der Waals surface area (Å²) >= 11 is 0. The highest BCUT2D eigenvalue weighted by Gasteiger charge is 2.08. The van der Waals surface area contributed by atoms with Crippen molar-refractivity contribution >= 4 is 10.0 Å². The van der Waals surface area contributed by atoms with Gasteiger partial charge in [0, 0.05) is 12.6 Å². The first-order chi connectivity index (χ1) is 8.33. The Balaban J connectivity index is 3.55. The maximum absolute atomic E-state index is 11.6. The first-order valence-corrected chi connectivity index (χ1v) is 8.69. The summed E-state index contributed by atoms with van der Waals surface area (Å²) in [5.41, 5.74) is 0. The summed E-state index contributed by atoms with van der Waals surface area (Å²) in [6.07, 6.45) is 3.62. The second kappa shape index (κ2) is 9.75. The first kappa shape index (κ1) is 17.9. The SMILES string of the molecule is CC(C)CCCNS(=O)(=O)CCCCNC(C)C. The zero-order chi connectivity index (χ0) is 14.0. The zero-order valence-corrected chi connectivity index (χ0v) is 13.1. The van der Waals surface area contributed by atoms with Gasteiger partial charge in [-0.1, -0.05) is 27.7 Å². The molecule has 4 nitrogen and oxygen atoms in total. The van der Waals surface area contributed by atoms with Gasteiger partial charge in [-0.25, -0.2) is 13.1 Å². The summed E-state index contributed by atoms with van der Waals surface area (Å²) in [4.78, 5) is 0. The van der Waals surface area contributed by atoms with E-state index in [4.69, 9.17) is 0 Å². The highest BCUT2D eigenvalue weighted by atomic mass is 32.2. The molecule has 0 atom stereocenters. The maximum Gasteiger partial charge on any atom is 0.211 e. The van der Waals surface area contributed by atoms with Crippen LogP contribution in [0.15, 0.2) is 0 Å². The van der Waals surface area contributed by atoms with Gasteiger partial charge in [0.1, 0.15) is 0 Å². The third-order valence-corrected chi connectivity index (χ3v) is 4.14. The van der Waals surface area contributed by atoms with Crippen LogP contribution < -0.4 is 10.0 Å². The van der Waals surface area contributed by atoms with E-state index in [0.29, 0.717) is 18.5 Å². The molecule has 0 aliphatic carbocycles. The number of rotatable bonds is 11. The van der Waals surface area contributed by atoms with E-state index in [9.17, 15) is 8.42 Å². The Morgan fingerprint density at radius 3 is 2.17 bits per heavy atom. The van der Waals surface area contributed by atoms with Crippen molar-refractivity contribution in [1.29, 1.82) is 0 Å². The third-order valence-electron chi connectivity index (χ3n) is 2.67. The Kier molecular flexibility index (Phi) is 9.68. The largest absolute Gasteiger partial charge is 0.315 e. The molecule has 110 valence electrons. The van der Waals surface area contributed by atoms with E-state index in [0.717, 1.165) is 32.2 Å². The lowest BCUT2D eigenvalue weighted by atomic mass is 10.1. The number of hydrogen-bond acceptors (Lipinski definition) is 3. The van der Waals surface area contributed by atoms with Crippen molar-refractivity contribution < 1.29 is 8.42 Å². The molecular weight excluding hydrogens is 248 g/mol. The normalized spacial score (nSPS) is 12.6. The average molecular weight is 278 g/mol. The van der Waals surface area contributed by atoms with Crippen molar-refractivity contribution in [3.8, 4) is 0 Å². The molecule has 5 heteroatoms. The van der Waals surface area contributed by atoms with Gasteiger partial charge in [0.2, 0.25) is 10.0 Å². The van der Waals surface area contributed by atoms with Crippen LogP contribution in [0, 0.1) is 5.92 Å². The Labute approximate surface area is 113 Å². The minimum Gasteiger partial charge on any atom is -0.315 e. The Bertz CT molecular complexity index is 287. The molecule has 0 amide bonds. The van der Waals surface area contributed by atoms with E-state index >= 15 is 0 Å². The van der Waals surface area contributed by atoms with Crippen LogP contribution in [-0.4, -0.2) is 33.3 Å². The van der Waals surface area contributed by atoms with Crippen LogP contribution in [0.25, 0.3) is 0 Å². The summed E-state index contributed by atoms with van der Waals surface area (Å²) in [6, 6.07) is 0.468. The first-order valence-electron chi connectivity index (χ1n) is 7.04. The van der Waals surface area contributed by atoms with Gasteiger partial charge < -0.3 is 5.32 Å². The second-order valence-electron chi connectivity index (χ2n) is 5.57. The van der Waals surface area contributed by atoms with Gasteiger partial charge >= 0.3 is 0 Å². The molecular formula is C13H30N2O2S. The van der Waals surface area contributed by atoms with Crippen molar-refractivity contribution in [1.82, 2.24) is 10.0 Å². The highest BCUT2D eigenvalue weighted by molar-refractivity contribution is 7.89. The summed E-state index contributed by atoms with van der Waals surface area (Å²) in [7, 11) is -3.06. The summed E-state index contributed by atoms with van der Waals surface area (Å²) in [5.74, 6) is 0.880. The van der Waals surface area contributed by atoms with Gasteiger partial charge in [-0.15, -0.1) is 0 Å². The topological polar surface area (TPSA) is 58.2 Å². The Morgan fingerprint density at radius 1 is 0.944 bits per heavy atom. The number of hydrogen-bond donors (Lipinski definition) is 2. The van der Waals surface area contributed by atoms with E-state index in [-0.39, 0.29) is 5.75 Å². The van der Waals surface area contributed by atoms with Gasteiger partial charge in [-0.05, 0) is 38.1 Å². The minimum absolute atomic E-state index is 0.244. The van der Waals surface area contributed by atoms with E-state index in [1.54, 1.807) is 0 Å². The zero-order valence-electron chi connectivity index (χ0n) is 12.3. The molecule has 0 rings (SSSR count). The van der Waals surface area contributed by atoms with Crippen molar-refractivity contribution in [3.63, 3.8) is 0 Å². The molecule has 0 bridgehead atoms. The summed E-state index contributed by atoms with van der Waals surface area (Å²) < 4.78 is 25.9. The second-order valence-corrected chi connectivity index (χ2v) is 7.49. The standard InChI is InChI=1S/C13H30N2O2S/c1-12(2)8-7-10-15-18(16,17)11-6-5-9-14-13(3)4/h12-15H,5-11H2,1-4H3. The number of sulfonamides is 1. The lowest BCUT2D eigenvalue weighted by Crippen LogP contribution is -2.28. The molecule has 0 unspecified atom stereocenters. The van der Waals surface area contributed by atoms with E-state index < -0.39 is 10.0 Å². The van der Waals surface area contributed by atoms with Crippen LogP contribution in [0.4, 0.5) is 0 Å². The lowest BCUT2D eigenvalue weighted by molar-refractivity contribution is 0.535. The Morgan fingerprint density at radius 2 is 1.61 bits per heavy atom. The van der Waals surface area contributed by atoms with Crippen LogP contribution in [0.3, 0.4) is 0 Å². The molecule has 0 heterocycles. The molecule has 2 N–H and O–H groups in total. The van der Waals surface area contributed by atoms with Crippen molar-refractivity contribution in [2.24, 2.45) is 5.92 Å². The molecule has 0 spiro atoms. The van der Waals surface area contributed by atoms with E-state index in [1.165, 1.54) is 0 Å². The molecule has 0 radical (unpaired) electrons. The van der Waals surface area contributed by atoms with Gasteiger partial charge in [0.15, 0.2) is 0 Å². The van der Waals surface area contributed by atoms with Crippen LogP contribution in [-0.2, 0) is 10.0 Å². The Hall–Kier alpha value is -0.130. The van der Waals surface area contributed by atoms with Crippen LogP contribution >= 0.6 is 0 Å². The van der Waals surface area contributed by atoms with E-state index in [1.807, 2.05) is 0 Å². The average Bonchev–Trinajstić information content (AvgIpc) is 2.23. The van der Waals surface area contributed by atoms with Gasteiger partial charge in [-0.2, -0.15) is 0 Å². The van der Waals surface area contributed by atoms with Gasteiger partial charge in [-0.3, -0.25) is 0 Å². The molecule has 18 heavy (non-hydrogen) atoms. The fourth-order valence-electron chi connectivity index (χ4n) is 1.62. The summed E-state index contributed by atoms with van der Waals surface area (Å²) in [6.45, 7) is 9.94. The molecule has 0 fully saturated rings. The van der Waals surface area contributed by atoms with Crippen molar-refractivity contribution in [2.75, 3.05) is 18.8 Å². The molecule has 0 aromatic carbocycles. The van der Waals surface area contributed by atoms with Crippen molar-refractivity contribution in [2.45, 2.75) is 59.4 Å². The van der Waals surface area contributed by atoms with Crippen LogP contribution in [0.2, 0.25) is 0 Å². The number of nitrogens with one attached hydrogen (secondary N) is 2. The number of unbranched alkanes of at least 4 members (excludes halogenated alkanes) is 1. The lowest BCUT2D eigenvalue weighted by Gasteiger charge is -2.09. The van der Waals surface area contributed by atoms with Gasteiger partial charge in [0.05, 0.1) is 5.75 Å². The smallest absolute Gasteiger partial charge is 0.211 e. The monoisotopic (exact) mass is 278 g/mol. The van der Waals surface area contributed by atoms with Crippen LogP contribution in [0.5, 0.6) is 0 Å². The molecule has 0 aromatic rings. The molecule has 0 aliphatic rings. The minimum atomic E-state index is -3.06. The fraction of sp³-hybridized carbons (Fsp3) is 1.00. The molecule has 0 aliphatic heterocycles. The highest BCUT2D eigenvalue weighted by Crippen LogP contribution is 2.02. The maximum atomic E-state index is 11.6. The van der Waals surface area contributed by atoms with Gasteiger partial charge in [0.25, 0.3) is 0 Å². The molecule has 0 saturated heterocycles. The van der Waals surface area contributed by atoms with Crippen LogP contribution in [0.1, 0.15) is 53.4 Å². The van der Waals surface area contributed by atoms with Crippen molar-refractivity contribution in [3.05, 3.63) is 0 Å². The molecule has 0 aromatic heterocycles. The quantitative estimate of drug-likeness (QED) is 0.569. The van der Waals surface area contributed by atoms with E-state index in [2.05, 4.69) is 37.7 Å². The predicted molar refractivity (Wildman–Crippen MR) is 78.2 cm³/mol. The fourth-order valence-corrected chi connectivity index (χ4v) is 2.80. The molecule has 0 saturated carbocycles. The summed E-state index contributed by atoms with van der Waals surface area (Å²) in [5, 5.41) is 3.28.